The molecule has 0 fully saturated rings. The monoisotopic (exact) mass is 275 g/mol. The Hall–Kier alpha value is -1.76. The zero-order valence-electron chi connectivity index (χ0n) is 10.3. The lowest BCUT2D eigenvalue weighted by atomic mass is 10.2. The summed E-state index contributed by atoms with van der Waals surface area (Å²) < 4.78 is 36.6. The van der Waals surface area contributed by atoms with E-state index >= 15 is 0 Å². The zero-order chi connectivity index (χ0) is 14.5. The van der Waals surface area contributed by atoms with E-state index in [4.69, 9.17) is 11.5 Å². The van der Waals surface area contributed by atoms with Crippen molar-refractivity contribution in [3.8, 4) is 0 Å². The summed E-state index contributed by atoms with van der Waals surface area (Å²) in [4.78, 5) is 12.2. The molecule has 106 valence electrons. The van der Waals surface area contributed by atoms with Crippen LogP contribution in [-0.4, -0.2) is 30.1 Å². The second-order valence-electron chi connectivity index (χ2n) is 4.29. The highest BCUT2D eigenvalue weighted by Crippen LogP contribution is 2.20. The Kier molecular flexibility index (Phi) is 5.17. The number of alkyl halides is 3. The number of hydrogen-bond donors (Lipinski definition) is 2. The summed E-state index contributed by atoms with van der Waals surface area (Å²) in [6.45, 7) is -0.295. The molecule has 1 aromatic carbocycles. The minimum absolute atomic E-state index is 0.198. The maximum Gasteiger partial charge on any atom is 0.390 e. The number of primary amides is 1. The summed E-state index contributed by atoms with van der Waals surface area (Å²) in [5, 5.41) is 0. The smallest absolute Gasteiger partial charge is 0.390 e. The van der Waals surface area contributed by atoms with E-state index in [2.05, 4.69) is 0 Å². The highest BCUT2D eigenvalue weighted by molar-refractivity contribution is 5.75. The SMILES string of the molecule is NC(=O)CN(CCC(F)(F)F)Cc1cccc(N)c1. The van der Waals surface area contributed by atoms with Crippen molar-refractivity contribution in [2.75, 3.05) is 18.8 Å². The number of carbonyl (C=O) groups is 1. The summed E-state index contributed by atoms with van der Waals surface area (Å²) in [7, 11) is 0. The van der Waals surface area contributed by atoms with E-state index in [0.29, 0.717) is 5.69 Å². The van der Waals surface area contributed by atoms with Gasteiger partial charge in [0, 0.05) is 18.8 Å². The third-order valence-electron chi connectivity index (χ3n) is 2.45. The van der Waals surface area contributed by atoms with E-state index in [1.165, 1.54) is 4.90 Å². The third-order valence-corrected chi connectivity index (χ3v) is 2.45. The predicted molar refractivity (Wildman–Crippen MR) is 66.0 cm³/mol. The van der Waals surface area contributed by atoms with E-state index in [1.54, 1.807) is 24.3 Å². The van der Waals surface area contributed by atoms with Gasteiger partial charge < -0.3 is 11.5 Å². The molecule has 0 aliphatic carbocycles. The molecule has 0 aliphatic rings. The van der Waals surface area contributed by atoms with Gasteiger partial charge in [0.05, 0.1) is 13.0 Å². The summed E-state index contributed by atoms with van der Waals surface area (Å²) in [6.07, 6.45) is -5.24. The summed E-state index contributed by atoms with van der Waals surface area (Å²) in [5.74, 6) is -0.661. The number of amides is 1. The average Bonchev–Trinajstić information content (AvgIpc) is 2.24. The van der Waals surface area contributed by atoms with Crippen molar-refractivity contribution in [2.45, 2.75) is 19.1 Å². The molecule has 1 amide bonds. The quantitative estimate of drug-likeness (QED) is 0.773. The first-order valence-electron chi connectivity index (χ1n) is 5.68. The molecule has 4 N–H and O–H groups in total. The first-order chi connectivity index (χ1) is 8.76. The lowest BCUT2D eigenvalue weighted by Crippen LogP contribution is -2.35. The van der Waals surface area contributed by atoms with Crippen LogP contribution in [0.25, 0.3) is 0 Å². The number of nitrogen functional groups attached to an aromatic ring is 1. The van der Waals surface area contributed by atoms with Gasteiger partial charge in [-0.25, -0.2) is 0 Å². The molecular formula is C12H16F3N3O. The Balaban J connectivity index is 2.66. The highest BCUT2D eigenvalue weighted by Gasteiger charge is 2.28. The number of halogens is 3. The summed E-state index contributed by atoms with van der Waals surface area (Å²) in [5.41, 5.74) is 11.9. The second kappa shape index (κ2) is 6.42. The minimum atomic E-state index is -4.26. The molecule has 0 atom stereocenters. The molecule has 1 rings (SSSR count). The standard InChI is InChI=1S/C12H16F3N3O/c13-12(14,15)4-5-18(8-11(17)19)7-9-2-1-3-10(16)6-9/h1-3,6H,4-5,7-8,16H2,(H2,17,19). The number of nitrogens with two attached hydrogens (primary N) is 2. The first kappa shape index (κ1) is 15.3. The van der Waals surface area contributed by atoms with Gasteiger partial charge in [-0.1, -0.05) is 12.1 Å². The molecule has 0 saturated carbocycles. The molecule has 7 heteroatoms. The third kappa shape index (κ3) is 6.66. The van der Waals surface area contributed by atoms with Gasteiger partial charge in [0.25, 0.3) is 0 Å². The molecule has 0 bridgehead atoms. The molecule has 0 unspecified atom stereocenters. The maximum absolute atomic E-state index is 12.2. The Labute approximate surface area is 109 Å². The summed E-state index contributed by atoms with van der Waals surface area (Å²) >= 11 is 0. The van der Waals surface area contributed by atoms with Crippen LogP contribution in [0, 0.1) is 0 Å². The maximum atomic E-state index is 12.2. The van der Waals surface area contributed by atoms with Crippen LogP contribution in [0.15, 0.2) is 24.3 Å². The lowest BCUT2D eigenvalue weighted by molar-refractivity contribution is -0.140. The topological polar surface area (TPSA) is 72.4 Å². The van der Waals surface area contributed by atoms with Crippen molar-refractivity contribution in [2.24, 2.45) is 5.73 Å². The Morgan fingerprint density at radius 3 is 2.53 bits per heavy atom. The number of benzene rings is 1. The second-order valence-corrected chi connectivity index (χ2v) is 4.29. The molecule has 0 aliphatic heterocycles. The number of carbonyl (C=O) groups excluding carboxylic acids is 1. The van der Waals surface area contributed by atoms with Gasteiger partial charge in [-0.3, -0.25) is 9.69 Å². The normalized spacial score (nSPS) is 11.8. The van der Waals surface area contributed by atoms with Crippen molar-refractivity contribution >= 4 is 11.6 Å². The number of nitrogens with zero attached hydrogens (tertiary/aromatic N) is 1. The molecule has 19 heavy (non-hydrogen) atoms. The fourth-order valence-corrected chi connectivity index (χ4v) is 1.67. The Morgan fingerprint density at radius 1 is 1.32 bits per heavy atom. The van der Waals surface area contributed by atoms with Crippen LogP contribution in [0.4, 0.5) is 18.9 Å². The van der Waals surface area contributed by atoms with Gasteiger partial charge in [0.2, 0.25) is 5.91 Å². The van der Waals surface area contributed by atoms with Crippen LogP contribution in [0.5, 0.6) is 0 Å². The van der Waals surface area contributed by atoms with Gasteiger partial charge in [0.15, 0.2) is 0 Å². The van der Waals surface area contributed by atoms with Crippen LogP contribution in [0.2, 0.25) is 0 Å². The van der Waals surface area contributed by atoms with Crippen LogP contribution < -0.4 is 11.5 Å². The molecule has 0 radical (unpaired) electrons. The van der Waals surface area contributed by atoms with Gasteiger partial charge >= 0.3 is 6.18 Å². The number of hydrogen-bond acceptors (Lipinski definition) is 3. The van der Waals surface area contributed by atoms with E-state index in [-0.39, 0.29) is 19.6 Å². The largest absolute Gasteiger partial charge is 0.399 e. The average molecular weight is 275 g/mol. The van der Waals surface area contributed by atoms with Gasteiger partial charge in [-0.05, 0) is 17.7 Å². The number of rotatable bonds is 6. The van der Waals surface area contributed by atoms with Gasteiger partial charge in [0.1, 0.15) is 0 Å². The van der Waals surface area contributed by atoms with Crippen molar-refractivity contribution < 1.29 is 18.0 Å². The molecule has 0 spiro atoms. The minimum Gasteiger partial charge on any atom is -0.399 e. The molecule has 4 nitrogen and oxygen atoms in total. The van der Waals surface area contributed by atoms with Crippen LogP contribution >= 0.6 is 0 Å². The van der Waals surface area contributed by atoms with E-state index in [1.807, 2.05) is 0 Å². The molecule has 0 aromatic heterocycles. The van der Waals surface area contributed by atoms with E-state index in [0.717, 1.165) is 5.56 Å². The fourth-order valence-electron chi connectivity index (χ4n) is 1.67. The lowest BCUT2D eigenvalue weighted by Gasteiger charge is -2.21. The van der Waals surface area contributed by atoms with Crippen molar-refractivity contribution in [3.63, 3.8) is 0 Å². The summed E-state index contributed by atoms with van der Waals surface area (Å²) in [6, 6.07) is 6.77. The molecular weight excluding hydrogens is 259 g/mol. The molecule has 1 aromatic rings. The molecule has 0 heterocycles. The highest BCUT2D eigenvalue weighted by atomic mass is 19.4. The zero-order valence-corrected chi connectivity index (χ0v) is 10.3. The van der Waals surface area contributed by atoms with Crippen LogP contribution in [0.3, 0.4) is 0 Å². The first-order valence-corrected chi connectivity index (χ1v) is 5.68. The van der Waals surface area contributed by atoms with Crippen molar-refractivity contribution in [1.82, 2.24) is 4.90 Å². The number of anilines is 1. The van der Waals surface area contributed by atoms with Gasteiger partial charge in [-0.15, -0.1) is 0 Å². The Bertz CT molecular complexity index is 434. The van der Waals surface area contributed by atoms with Gasteiger partial charge in [-0.2, -0.15) is 13.2 Å². The van der Waals surface area contributed by atoms with Crippen molar-refractivity contribution in [3.05, 3.63) is 29.8 Å². The van der Waals surface area contributed by atoms with E-state index < -0.39 is 18.5 Å². The van der Waals surface area contributed by atoms with Crippen LogP contribution in [-0.2, 0) is 11.3 Å². The van der Waals surface area contributed by atoms with Crippen LogP contribution in [0.1, 0.15) is 12.0 Å². The predicted octanol–water partition coefficient (Wildman–Crippen LogP) is 1.51. The fraction of sp³-hybridized carbons (Fsp3) is 0.417. The Morgan fingerprint density at radius 2 is 2.00 bits per heavy atom. The van der Waals surface area contributed by atoms with Crippen molar-refractivity contribution in [1.29, 1.82) is 0 Å². The van der Waals surface area contributed by atoms with E-state index in [9.17, 15) is 18.0 Å². The molecule has 0 saturated heterocycles.